The molecule has 1 N–H and O–H groups in total. The third-order valence-electron chi connectivity index (χ3n) is 4.46. The molecule has 6 nitrogen and oxygen atoms in total. The fourth-order valence-electron chi connectivity index (χ4n) is 3.12. The van der Waals surface area contributed by atoms with E-state index in [1.54, 1.807) is 55.6 Å². The standard InChI is InChI=1S/C25H25NO5/c1-17-11-18(2)13-19(12-17)15-31-25(28)20-7-9-22(10-8-20)30-16-24(27)26-21-5-4-6-23(14-21)29-3/h4-14H,15-16H2,1-3H3,(H,26,27). The zero-order valence-corrected chi connectivity index (χ0v) is 17.8. The zero-order valence-electron chi connectivity index (χ0n) is 17.8. The lowest BCUT2D eigenvalue weighted by atomic mass is 10.1. The maximum atomic E-state index is 12.3. The Bertz CT molecular complexity index is 1040. The average molecular weight is 419 g/mol. The average Bonchev–Trinajstić information content (AvgIpc) is 2.76. The summed E-state index contributed by atoms with van der Waals surface area (Å²) in [5, 5.41) is 2.74. The van der Waals surface area contributed by atoms with E-state index in [2.05, 4.69) is 11.4 Å². The second-order valence-corrected chi connectivity index (χ2v) is 7.17. The number of benzene rings is 3. The minimum atomic E-state index is -0.415. The number of anilines is 1. The van der Waals surface area contributed by atoms with Crippen LogP contribution in [0.5, 0.6) is 11.5 Å². The predicted octanol–water partition coefficient (Wildman–Crippen LogP) is 4.69. The number of hydrogen-bond acceptors (Lipinski definition) is 5. The van der Waals surface area contributed by atoms with Crippen LogP contribution in [0.25, 0.3) is 0 Å². The number of hydrogen-bond donors (Lipinski definition) is 1. The Labute approximate surface area is 181 Å². The largest absolute Gasteiger partial charge is 0.497 e. The van der Waals surface area contributed by atoms with E-state index >= 15 is 0 Å². The van der Waals surface area contributed by atoms with Crippen molar-refractivity contribution in [3.8, 4) is 11.5 Å². The van der Waals surface area contributed by atoms with Gasteiger partial charge in [0, 0.05) is 11.8 Å². The molecule has 0 saturated carbocycles. The minimum absolute atomic E-state index is 0.159. The van der Waals surface area contributed by atoms with E-state index in [0.717, 1.165) is 16.7 Å². The molecule has 0 fully saturated rings. The highest BCUT2D eigenvalue weighted by molar-refractivity contribution is 5.92. The van der Waals surface area contributed by atoms with Crippen molar-refractivity contribution in [1.82, 2.24) is 0 Å². The van der Waals surface area contributed by atoms with Gasteiger partial charge in [0.05, 0.1) is 12.7 Å². The Morgan fingerprint density at radius 3 is 2.26 bits per heavy atom. The summed E-state index contributed by atoms with van der Waals surface area (Å²) in [5.74, 6) is 0.414. The van der Waals surface area contributed by atoms with Gasteiger partial charge in [-0.3, -0.25) is 4.79 Å². The molecule has 0 spiro atoms. The van der Waals surface area contributed by atoms with Gasteiger partial charge in [-0.2, -0.15) is 0 Å². The highest BCUT2D eigenvalue weighted by atomic mass is 16.5. The number of rotatable bonds is 8. The lowest BCUT2D eigenvalue weighted by molar-refractivity contribution is -0.118. The minimum Gasteiger partial charge on any atom is -0.497 e. The van der Waals surface area contributed by atoms with Gasteiger partial charge in [0.1, 0.15) is 18.1 Å². The summed E-state index contributed by atoms with van der Waals surface area (Å²) in [5.41, 5.74) is 4.24. The van der Waals surface area contributed by atoms with Gasteiger partial charge >= 0.3 is 5.97 Å². The zero-order chi connectivity index (χ0) is 22.2. The first-order chi connectivity index (χ1) is 14.9. The van der Waals surface area contributed by atoms with Crippen LogP contribution >= 0.6 is 0 Å². The SMILES string of the molecule is COc1cccc(NC(=O)COc2ccc(C(=O)OCc3cc(C)cc(C)c3)cc2)c1. The van der Waals surface area contributed by atoms with Crippen LogP contribution < -0.4 is 14.8 Å². The predicted molar refractivity (Wildman–Crippen MR) is 119 cm³/mol. The normalized spacial score (nSPS) is 10.3. The van der Waals surface area contributed by atoms with Gasteiger partial charge in [0.15, 0.2) is 6.61 Å². The van der Waals surface area contributed by atoms with E-state index in [0.29, 0.717) is 22.7 Å². The van der Waals surface area contributed by atoms with Crippen molar-refractivity contribution in [2.24, 2.45) is 0 Å². The first-order valence-corrected chi connectivity index (χ1v) is 9.84. The Balaban J connectivity index is 1.48. The number of ether oxygens (including phenoxy) is 3. The molecule has 3 aromatic carbocycles. The molecule has 0 unspecified atom stereocenters. The smallest absolute Gasteiger partial charge is 0.338 e. The molecule has 0 heterocycles. The number of carbonyl (C=O) groups is 2. The quantitative estimate of drug-likeness (QED) is 0.537. The lowest BCUT2D eigenvalue weighted by Gasteiger charge is -2.10. The summed E-state index contributed by atoms with van der Waals surface area (Å²) in [6, 6.07) is 19.6. The molecule has 0 aliphatic heterocycles. The maximum Gasteiger partial charge on any atom is 0.338 e. The highest BCUT2D eigenvalue weighted by Crippen LogP contribution is 2.17. The molecule has 0 bridgehead atoms. The number of aryl methyl sites for hydroxylation is 2. The summed E-state index contributed by atoms with van der Waals surface area (Å²) in [7, 11) is 1.56. The van der Waals surface area contributed by atoms with Gasteiger partial charge in [-0.15, -0.1) is 0 Å². The molecule has 0 atom stereocenters. The van der Waals surface area contributed by atoms with Crippen LogP contribution in [-0.2, 0) is 16.1 Å². The van der Waals surface area contributed by atoms with Crippen molar-refractivity contribution in [2.75, 3.05) is 19.0 Å². The Morgan fingerprint density at radius 2 is 1.58 bits per heavy atom. The highest BCUT2D eigenvalue weighted by Gasteiger charge is 2.09. The van der Waals surface area contributed by atoms with Crippen LogP contribution in [0.1, 0.15) is 27.0 Å². The van der Waals surface area contributed by atoms with Crippen LogP contribution in [0.2, 0.25) is 0 Å². The van der Waals surface area contributed by atoms with Gasteiger partial charge in [0.2, 0.25) is 0 Å². The monoisotopic (exact) mass is 419 g/mol. The summed E-state index contributed by atoms with van der Waals surface area (Å²) in [4.78, 5) is 24.4. The summed E-state index contributed by atoms with van der Waals surface area (Å²) in [6.45, 7) is 4.07. The van der Waals surface area contributed by atoms with Gasteiger partial charge in [-0.1, -0.05) is 35.4 Å². The molecule has 3 rings (SSSR count). The molecule has 31 heavy (non-hydrogen) atoms. The number of carbonyl (C=O) groups excluding carboxylic acids is 2. The molecule has 1 amide bonds. The van der Waals surface area contributed by atoms with Crippen LogP contribution in [0.4, 0.5) is 5.69 Å². The van der Waals surface area contributed by atoms with E-state index in [1.807, 2.05) is 26.0 Å². The molecule has 0 aliphatic carbocycles. The van der Waals surface area contributed by atoms with Gasteiger partial charge < -0.3 is 19.5 Å². The second kappa shape index (κ2) is 10.3. The second-order valence-electron chi connectivity index (χ2n) is 7.17. The molecule has 160 valence electrons. The molecule has 6 heteroatoms. The number of esters is 1. The van der Waals surface area contributed by atoms with Crippen molar-refractivity contribution in [2.45, 2.75) is 20.5 Å². The number of methoxy groups -OCH3 is 1. The van der Waals surface area contributed by atoms with E-state index < -0.39 is 5.97 Å². The molecule has 3 aromatic rings. The van der Waals surface area contributed by atoms with Gasteiger partial charge in [0.25, 0.3) is 5.91 Å². The number of amides is 1. The van der Waals surface area contributed by atoms with Crippen LogP contribution in [-0.4, -0.2) is 25.6 Å². The molecular formula is C25H25NO5. The Hall–Kier alpha value is -3.80. The summed E-state index contributed by atoms with van der Waals surface area (Å²) >= 11 is 0. The van der Waals surface area contributed by atoms with E-state index in [-0.39, 0.29) is 19.1 Å². The van der Waals surface area contributed by atoms with Crippen molar-refractivity contribution >= 4 is 17.6 Å². The first-order valence-electron chi connectivity index (χ1n) is 9.84. The molecule has 0 saturated heterocycles. The van der Waals surface area contributed by atoms with Crippen molar-refractivity contribution < 1.29 is 23.8 Å². The fourth-order valence-corrected chi connectivity index (χ4v) is 3.12. The Morgan fingerprint density at radius 1 is 0.871 bits per heavy atom. The first kappa shape index (κ1) is 21.9. The Kier molecular flexibility index (Phi) is 7.27. The fraction of sp³-hybridized carbons (Fsp3) is 0.200. The van der Waals surface area contributed by atoms with Crippen molar-refractivity contribution in [3.05, 3.63) is 89.0 Å². The van der Waals surface area contributed by atoms with Gasteiger partial charge in [-0.05, 0) is 55.8 Å². The molecule has 0 aliphatic rings. The van der Waals surface area contributed by atoms with Crippen LogP contribution in [0.3, 0.4) is 0 Å². The van der Waals surface area contributed by atoms with E-state index in [9.17, 15) is 9.59 Å². The third kappa shape index (κ3) is 6.60. The van der Waals surface area contributed by atoms with E-state index in [4.69, 9.17) is 14.2 Å². The molecule has 0 aromatic heterocycles. The van der Waals surface area contributed by atoms with Crippen molar-refractivity contribution in [1.29, 1.82) is 0 Å². The topological polar surface area (TPSA) is 73.9 Å². The third-order valence-corrected chi connectivity index (χ3v) is 4.46. The summed E-state index contributed by atoms with van der Waals surface area (Å²) in [6.07, 6.45) is 0. The van der Waals surface area contributed by atoms with E-state index in [1.165, 1.54) is 0 Å². The maximum absolute atomic E-state index is 12.3. The molecule has 0 radical (unpaired) electrons. The van der Waals surface area contributed by atoms with Crippen LogP contribution in [0, 0.1) is 13.8 Å². The van der Waals surface area contributed by atoms with Crippen molar-refractivity contribution in [3.63, 3.8) is 0 Å². The number of nitrogens with one attached hydrogen (secondary N) is 1. The lowest BCUT2D eigenvalue weighted by Crippen LogP contribution is -2.20. The summed E-state index contributed by atoms with van der Waals surface area (Å²) < 4.78 is 16.0. The molecular weight excluding hydrogens is 394 g/mol. The van der Waals surface area contributed by atoms with Crippen LogP contribution in [0.15, 0.2) is 66.7 Å². The van der Waals surface area contributed by atoms with Gasteiger partial charge in [-0.25, -0.2) is 4.79 Å².